The summed E-state index contributed by atoms with van der Waals surface area (Å²) in [6.07, 6.45) is 1.25. The molecular weight excluding hydrogens is 326 g/mol. The van der Waals surface area contributed by atoms with Gasteiger partial charge in [0.15, 0.2) is 0 Å². The zero-order valence-electron chi connectivity index (χ0n) is 13.5. The summed E-state index contributed by atoms with van der Waals surface area (Å²) in [5.41, 5.74) is 8.71. The maximum Gasteiger partial charge on any atom is 0.0482 e. The summed E-state index contributed by atoms with van der Waals surface area (Å²) in [5.74, 6) is 0. The first kappa shape index (κ1) is 16.9. The van der Waals surface area contributed by atoms with Crippen molar-refractivity contribution in [3.63, 3.8) is 0 Å². The Kier molecular flexibility index (Phi) is 6.23. The highest BCUT2D eigenvalue weighted by molar-refractivity contribution is 9.10. The van der Waals surface area contributed by atoms with Crippen LogP contribution < -0.4 is 5.73 Å². The Morgan fingerprint density at radius 3 is 2.67 bits per heavy atom. The van der Waals surface area contributed by atoms with Gasteiger partial charge in [-0.2, -0.15) is 0 Å². The largest absolute Gasteiger partial charge is 0.329 e. The second-order valence-corrected chi connectivity index (χ2v) is 6.79. The number of hydrogen-bond acceptors (Lipinski definition) is 3. The van der Waals surface area contributed by atoms with Gasteiger partial charge < -0.3 is 5.73 Å². The van der Waals surface area contributed by atoms with Crippen LogP contribution in [-0.4, -0.2) is 48.6 Å². The Labute approximate surface area is 137 Å². The van der Waals surface area contributed by atoms with Crippen LogP contribution in [0.25, 0.3) is 0 Å². The standard InChI is InChI=1S/C17H28BrN3/c1-4-20(5-2)14-8-9-21(12-14)17(11-19)15-7-6-13(3)10-16(15)18/h6-7,10,14,17H,4-5,8-9,11-12,19H2,1-3H3. The topological polar surface area (TPSA) is 32.5 Å². The molecule has 2 unspecified atom stereocenters. The van der Waals surface area contributed by atoms with Gasteiger partial charge >= 0.3 is 0 Å². The molecule has 118 valence electrons. The third kappa shape index (κ3) is 3.86. The number of nitrogens with two attached hydrogens (primary N) is 1. The summed E-state index contributed by atoms with van der Waals surface area (Å²) in [6.45, 7) is 11.8. The molecule has 1 saturated heterocycles. The van der Waals surface area contributed by atoms with Crippen molar-refractivity contribution in [2.75, 3.05) is 32.7 Å². The van der Waals surface area contributed by atoms with Gasteiger partial charge in [0.2, 0.25) is 0 Å². The third-order valence-corrected chi connectivity index (χ3v) is 5.39. The number of hydrogen-bond donors (Lipinski definition) is 1. The monoisotopic (exact) mass is 353 g/mol. The van der Waals surface area contributed by atoms with E-state index in [4.69, 9.17) is 5.73 Å². The van der Waals surface area contributed by atoms with Gasteiger partial charge in [-0.25, -0.2) is 0 Å². The number of rotatable bonds is 6. The fourth-order valence-corrected chi connectivity index (χ4v) is 4.22. The maximum absolute atomic E-state index is 6.10. The molecule has 1 aromatic rings. The molecule has 0 radical (unpaired) electrons. The molecule has 0 spiro atoms. The lowest BCUT2D eigenvalue weighted by Crippen LogP contribution is -2.39. The quantitative estimate of drug-likeness (QED) is 0.852. The molecule has 0 aromatic heterocycles. The number of nitrogens with zero attached hydrogens (tertiary/aromatic N) is 2. The van der Waals surface area contributed by atoms with Crippen LogP contribution in [0.1, 0.15) is 37.4 Å². The van der Waals surface area contributed by atoms with Crippen molar-refractivity contribution in [3.8, 4) is 0 Å². The van der Waals surface area contributed by atoms with E-state index in [-0.39, 0.29) is 0 Å². The van der Waals surface area contributed by atoms with Gasteiger partial charge in [-0.15, -0.1) is 0 Å². The van der Waals surface area contributed by atoms with Crippen molar-refractivity contribution >= 4 is 15.9 Å². The highest BCUT2D eigenvalue weighted by Gasteiger charge is 2.31. The fourth-order valence-electron chi connectivity index (χ4n) is 3.46. The number of likely N-dealkylation sites (N-methyl/N-ethyl adjacent to an activating group) is 1. The minimum atomic E-state index is 0.320. The van der Waals surface area contributed by atoms with Crippen molar-refractivity contribution in [2.45, 2.75) is 39.3 Å². The molecule has 1 aliphatic heterocycles. The maximum atomic E-state index is 6.10. The molecule has 0 amide bonds. The van der Waals surface area contributed by atoms with Crippen molar-refractivity contribution in [1.82, 2.24) is 9.80 Å². The van der Waals surface area contributed by atoms with Gasteiger partial charge in [-0.3, -0.25) is 9.80 Å². The first-order valence-corrected chi connectivity index (χ1v) is 8.84. The molecule has 0 bridgehead atoms. The number of halogens is 1. The summed E-state index contributed by atoms with van der Waals surface area (Å²) in [7, 11) is 0. The molecule has 2 atom stereocenters. The van der Waals surface area contributed by atoms with Crippen molar-refractivity contribution in [2.24, 2.45) is 5.73 Å². The van der Waals surface area contributed by atoms with Gasteiger partial charge in [-0.1, -0.05) is 41.9 Å². The summed E-state index contributed by atoms with van der Waals surface area (Å²) >= 11 is 3.71. The minimum Gasteiger partial charge on any atom is -0.329 e. The molecule has 2 N–H and O–H groups in total. The second kappa shape index (κ2) is 7.73. The van der Waals surface area contributed by atoms with Crippen LogP contribution in [0.3, 0.4) is 0 Å². The summed E-state index contributed by atoms with van der Waals surface area (Å²) in [6, 6.07) is 7.59. The van der Waals surface area contributed by atoms with E-state index in [0.717, 1.165) is 26.2 Å². The van der Waals surface area contributed by atoms with Gasteiger partial charge in [0.1, 0.15) is 0 Å². The smallest absolute Gasteiger partial charge is 0.0482 e. The van der Waals surface area contributed by atoms with Crippen molar-refractivity contribution in [3.05, 3.63) is 33.8 Å². The van der Waals surface area contributed by atoms with Crippen LogP contribution in [0.15, 0.2) is 22.7 Å². The fraction of sp³-hybridized carbons (Fsp3) is 0.647. The van der Waals surface area contributed by atoms with E-state index in [1.165, 1.54) is 22.0 Å². The average molecular weight is 354 g/mol. The SMILES string of the molecule is CCN(CC)C1CCN(C(CN)c2ccc(C)cc2Br)C1. The molecule has 4 heteroatoms. The van der Waals surface area contributed by atoms with Gasteiger partial charge in [0.25, 0.3) is 0 Å². The van der Waals surface area contributed by atoms with Crippen LogP contribution in [0.4, 0.5) is 0 Å². The zero-order valence-corrected chi connectivity index (χ0v) is 15.1. The van der Waals surface area contributed by atoms with Gasteiger partial charge in [-0.05, 0) is 43.6 Å². The van der Waals surface area contributed by atoms with E-state index in [1.54, 1.807) is 0 Å². The molecular formula is C17H28BrN3. The average Bonchev–Trinajstić information content (AvgIpc) is 2.93. The van der Waals surface area contributed by atoms with Gasteiger partial charge in [0.05, 0.1) is 0 Å². The van der Waals surface area contributed by atoms with Crippen LogP contribution in [0.5, 0.6) is 0 Å². The van der Waals surface area contributed by atoms with E-state index < -0.39 is 0 Å². The van der Waals surface area contributed by atoms with E-state index in [9.17, 15) is 0 Å². The first-order valence-electron chi connectivity index (χ1n) is 8.04. The predicted molar refractivity (Wildman–Crippen MR) is 93.6 cm³/mol. The molecule has 1 aromatic carbocycles. The summed E-state index contributed by atoms with van der Waals surface area (Å²) in [4.78, 5) is 5.12. The van der Waals surface area contributed by atoms with E-state index in [0.29, 0.717) is 18.6 Å². The van der Waals surface area contributed by atoms with Crippen LogP contribution >= 0.6 is 15.9 Å². The molecule has 1 heterocycles. The normalized spacial score (nSPS) is 21.1. The van der Waals surface area contributed by atoms with Crippen LogP contribution in [0.2, 0.25) is 0 Å². The molecule has 1 aliphatic rings. The molecule has 2 rings (SSSR count). The first-order chi connectivity index (χ1) is 10.1. The van der Waals surface area contributed by atoms with Gasteiger partial charge in [0, 0.05) is 36.2 Å². The zero-order chi connectivity index (χ0) is 15.4. The van der Waals surface area contributed by atoms with Crippen LogP contribution in [0, 0.1) is 6.92 Å². The Morgan fingerprint density at radius 2 is 2.10 bits per heavy atom. The summed E-state index contributed by atoms with van der Waals surface area (Å²) in [5, 5.41) is 0. The summed E-state index contributed by atoms with van der Waals surface area (Å²) < 4.78 is 1.18. The van der Waals surface area contributed by atoms with Crippen LogP contribution in [-0.2, 0) is 0 Å². The lowest BCUT2D eigenvalue weighted by atomic mass is 10.0. The van der Waals surface area contributed by atoms with E-state index in [2.05, 4.69) is 64.7 Å². The Morgan fingerprint density at radius 1 is 1.38 bits per heavy atom. The highest BCUT2D eigenvalue weighted by Crippen LogP contribution is 2.31. The van der Waals surface area contributed by atoms with E-state index >= 15 is 0 Å². The molecule has 3 nitrogen and oxygen atoms in total. The Hall–Kier alpha value is -0.420. The lowest BCUT2D eigenvalue weighted by molar-refractivity contribution is 0.189. The lowest BCUT2D eigenvalue weighted by Gasteiger charge is -2.30. The predicted octanol–water partition coefficient (Wildman–Crippen LogP) is 3.17. The third-order valence-electron chi connectivity index (χ3n) is 4.70. The van der Waals surface area contributed by atoms with E-state index in [1.807, 2.05) is 0 Å². The van der Waals surface area contributed by atoms with Crippen molar-refractivity contribution < 1.29 is 0 Å². The van der Waals surface area contributed by atoms with Crippen molar-refractivity contribution in [1.29, 1.82) is 0 Å². The Bertz CT molecular complexity index is 459. The highest BCUT2D eigenvalue weighted by atomic mass is 79.9. The number of benzene rings is 1. The molecule has 0 aliphatic carbocycles. The Balaban J connectivity index is 2.12. The number of likely N-dealkylation sites (tertiary alicyclic amines) is 1. The molecule has 1 fully saturated rings. The second-order valence-electron chi connectivity index (χ2n) is 5.94. The minimum absolute atomic E-state index is 0.320. The number of aryl methyl sites for hydroxylation is 1. The molecule has 21 heavy (non-hydrogen) atoms. The molecule has 0 saturated carbocycles.